The summed E-state index contributed by atoms with van der Waals surface area (Å²) in [5.74, 6) is -0.150. The van der Waals surface area contributed by atoms with Crippen LogP contribution in [0.4, 0.5) is 0 Å². The van der Waals surface area contributed by atoms with Gasteiger partial charge in [-0.25, -0.2) is 5.01 Å². The zero-order valence-electron chi connectivity index (χ0n) is 14.2. The molecule has 3 aromatic rings. The van der Waals surface area contributed by atoms with Gasteiger partial charge < -0.3 is 0 Å². The highest BCUT2D eigenvalue weighted by Crippen LogP contribution is 2.38. The average Bonchev–Trinajstić information content (AvgIpc) is 3.06. The van der Waals surface area contributed by atoms with E-state index in [2.05, 4.69) is 36.8 Å². The fourth-order valence-corrected chi connectivity index (χ4v) is 4.25. The molecule has 1 aromatic heterocycles. The van der Waals surface area contributed by atoms with Gasteiger partial charge in [0, 0.05) is 22.4 Å². The van der Waals surface area contributed by atoms with E-state index < -0.39 is 0 Å². The predicted molar refractivity (Wildman–Crippen MR) is 113 cm³/mol. The summed E-state index contributed by atoms with van der Waals surface area (Å²) in [6, 6.07) is 21.1. The number of carbonyl (C=O) groups is 1. The monoisotopic (exact) mass is 483 g/mol. The van der Waals surface area contributed by atoms with Crippen LogP contribution < -0.4 is 0 Å². The Balaban J connectivity index is 1.78. The van der Waals surface area contributed by atoms with Crippen molar-refractivity contribution in [3.8, 4) is 0 Å². The molecule has 2 aromatic carbocycles. The van der Waals surface area contributed by atoms with E-state index in [4.69, 9.17) is 5.10 Å². The highest BCUT2D eigenvalue weighted by atomic mass is 79.9. The SMILES string of the molecule is O=C(c1ccncc1)N1N=C(c2ccc(Br)cc2)C(Br)C1c1ccccc1. The number of alkyl halides is 1. The van der Waals surface area contributed by atoms with Crippen LogP contribution in [0.1, 0.15) is 27.5 Å². The molecular weight excluding hydrogens is 470 g/mol. The third-order valence-corrected chi connectivity index (χ3v) is 5.90. The maximum atomic E-state index is 13.2. The van der Waals surface area contributed by atoms with Gasteiger partial charge in [0.05, 0.1) is 16.6 Å². The summed E-state index contributed by atoms with van der Waals surface area (Å²) in [5, 5.41) is 6.29. The zero-order valence-corrected chi connectivity index (χ0v) is 17.3. The number of hydrazone groups is 1. The summed E-state index contributed by atoms with van der Waals surface area (Å²) in [6.45, 7) is 0. The van der Waals surface area contributed by atoms with Crippen LogP contribution in [-0.4, -0.2) is 26.4 Å². The van der Waals surface area contributed by atoms with E-state index >= 15 is 0 Å². The van der Waals surface area contributed by atoms with Gasteiger partial charge in [-0.3, -0.25) is 9.78 Å². The van der Waals surface area contributed by atoms with Crippen molar-refractivity contribution in [2.24, 2.45) is 5.10 Å². The van der Waals surface area contributed by atoms with Crippen molar-refractivity contribution >= 4 is 43.5 Å². The molecule has 0 N–H and O–H groups in total. The lowest BCUT2D eigenvalue weighted by atomic mass is 9.98. The van der Waals surface area contributed by atoms with Crippen molar-refractivity contribution in [3.05, 3.63) is 100 Å². The van der Waals surface area contributed by atoms with Gasteiger partial charge in [0.25, 0.3) is 5.91 Å². The van der Waals surface area contributed by atoms with Gasteiger partial charge in [-0.2, -0.15) is 5.10 Å². The third-order valence-electron chi connectivity index (χ3n) is 4.43. The topological polar surface area (TPSA) is 45.6 Å². The van der Waals surface area contributed by atoms with Crippen molar-refractivity contribution in [3.63, 3.8) is 0 Å². The molecule has 0 saturated heterocycles. The summed E-state index contributed by atoms with van der Waals surface area (Å²) in [5.41, 5.74) is 3.40. The van der Waals surface area contributed by atoms with Gasteiger partial charge in [-0.15, -0.1) is 0 Å². The first-order chi connectivity index (χ1) is 13.1. The molecule has 4 nitrogen and oxygen atoms in total. The van der Waals surface area contributed by atoms with Crippen LogP contribution in [0.5, 0.6) is 0 Å². The number of amides is 1. The molecule has 134 valence electrons. The van der Waals surface area contributed by atoms with Gasteiger partial charge in [-0.05, 0) is 35.4 Å². The largest absolute Gasteiger partial charge is 0.274 e. The van der Waals surface area contributed by atoms with Crippen molar-refractivity contribution in [1.29, 1.82) is 0 Å². The summed E-state index contributed by atoms with van der Waals surface area (Å²) in [6.07, 6.45) is 3.23. The van der Waals surface area contributed by atoms with Crippen LogP contribution in [0.3, 0.4) is 0 Å². The zero-order chi connectivity index (χ0) is 18.8. The van der Waals surface area contributed by atoms with Crippen LogP contribution >= 0.6 is 31.9 Å². The second-order valence-corrected chi connectivity index (χ2v) is 8.04. The first kappa shape index (κ1) is 18.1. The lowest BCUT2D eigenvalue weighted by molar-refractivity contribution is 0.0714. The molecule has 1 aliphatic heterocycles. The quantitative estimate of drug-likeness (QED) is 0.479. The van der Waals surface area contributed by atoms with Gasteiger partial charge in [0.1, 0.15) is 0 Å². The Labute approximate surface area is 174 Å². The molecule has 0 spiro atoms. The number of aromatic nitrogens is 1. The number of rotatable bonds is 3. The average molecular weight is 485 g/mol. The number of halogens is 2. The lowest BCUT2D eigenvalue weighted by Crippen LogP contribution is -2.31. The van der Waals surface area contributed by atoms with Crippen LogP contribution in [0.15, 0.2) is 88.7 Å². The fourth-order valence-electron chi connectivity index (χ4n) is 3.10. The Bertz CT molecular complexity index is 975. The van der Waals surface area contributed by atoms with Gasteiger partial charge in [0.15, 0.2) is 0 Å². The molecule has 0 aliphatic carbocycles. The predicted octanol–water partition coefficient (Wildman–Crippen LogP) is 5.21. The molecule has 0 fully saturated rings. The smallest absolute Gasteiger partial charge is 0.267 e. The van der Waals surface area contributed by atoms with Crippen molar-refractivity contribution < 1.29 is 4.79 Å². The molecule has 0 saturated carbocycles. The van der Waals surface area contributed by atoms with E-state index in [-0.39, 0.29) is 16.8 Å². The van der Waals surface area contributed by atoms with Crippen molar-refractivity contribution in [2.75, 3.05) is 0 Å². The standard InChI is InChI=1S/C21H15Br2N3O/c22-17-8-6-14(7-9-17)19-18(23)20(15-4-2-1-3-5-15)26(25-19)21(27)16-10-12-24-13-11-16/h1-13,18,20H. The number of nitrogens with zero attached hydrogens (tertiary/aromatic N) is 3. The minimum atomic E-state index is -0.231. The summed E-state index contributed by atoms with van der Waals surface area (Å²) >= 11 is 7.26. The minimum Gasteiger partial charge on any atom is -0.267 e. The van der Waals surface area contributed by atoms with E-state index in [1.807, 2.05) is 54.6 Å². The number of hydrogen-bond donors (Lipinski definition) is 0. The van der Waals surface area contributed by atoms with Crippen LogP contribution in [0, 0.1) is 0 Å². The molecule has 1 amide bonds. The molecule has 2 atom stereocenters. The highest BCUT2D eigenvalue weighted by Gasteiger charge is 2.40. The molecular formula is C21H15Br2N3O. The van der Waals surface area contributed by atoms with E-state index in [0.29, 0.717) is 5.56 Å². The fraction of sp³-hybridized carbons (Fsp3) is 0.0952. The Morgan fingerprint density at radius 2 is 1.59 bits per heavy atom. The molecule has 0 bridgehead atoms. The second kappa shape index (κ2) is 7.74. The molecule has 6 heteroatoms. The molecule has 4 rings (SSSR count). The van der Waals surface area contributed by atoms with E-state index in [1.54, 1.807) is 29.5 Å². The third kappa shape index (κ3) is 3.59. The van der Waals surface area contributed by atoms with Crippen LogP contribution in [0.2, 0.25) is 0 Å². The Kier molecular flexibility index (Phi) is 5.18. The highest BCUT2D eigenvalue weighted by molar-refractivity contribution is 9.10. The van der Waals surface area contributed by atoms with E-state index in [1.165, 1.54) is 0 Å². The van der Waals surface area contributed by atoms with Crippen LogP contribution in [0.25, 0.3) is 0 Å². The van der Waals surface area contributed by atoms with Crippen molar-refractivity contribution in [1.82, 2.24) is 9.99 Å². The first-order valence-corrected chi connectivity index (χ1v) is 10.1. The van der Waals surface area contributed by atoms with Gasteiger partial charge >= 0.3 is 0 Å². The number of hydrogen-bond acceptors (Lipinski definition) is 3. The van der Waals surface area contributed by atoms with Crippen molar-refractivity contribution in [2.45, 2.75) is 10.9 Å². The first-order valence-electron chi connectivity index (χ1n) is 8.42. The van der Waals surface area contributed by atoms with Crippen LogP contribution in [-0.2, 0) is 0 Å². The second-order valence-electron chi connectivity index (χ2n) is 6.14. The number of benzene rings is 2. The van der Waals surface area contributed by atoms with Gasteiger partial charge in [0.2, 0.25) is 0 Å². The normalized spacial score (nSPS) is 19.0. The van der Waals surface area contributed by atoms with Gasteiger partial charge in [-0.1, -0.05) is 74.3 Å². The Morgan fingerprint density at radius 1 is 0.926 bits per heavy atom. The Hall–Kier alpha value is -2.31. The molecule has 0 radical (unpaired) electrons. The molecule has 27 heavy (non-hydrogen) atoms. The summed E-state index contributed by atoms with van der Waals surface area (Å²) in [7, 11) is 0. The molecule has 1 aliphatic rings. The Morgan fingerprint density at radius 3 is 2.26 bits per heavy atom. The maximum Gasteiger partial charge on any atom is 0.274 e. The maximum absolute atomic E-state index is 13.2. The number of carbonyl (C=O) groups excluding carboxylic acids is 1. The lowest BCUT2D eigenvalue weighted by Gasteiger charge is -2.24. The molecule has 2 heterocycles. The summed E-state index contributed by atoms with van der Waals surface area (Å²) in [4.78, 5) is 17.0. The molecule has 2 unspecified atom stereocenters. The minimum absolute atomic E-state index is 0.119. The summed E-state index contributed by atoms with van der Waals surface area (Å²) < 4.78 is 1.00. The van der Waals surface area contributed by atoms with E-state index in [0.717, 1.165) is 21.3 Å². The number of pyridine rings is 1. The van der Waals surface area contributed by atoms with E-state index in [9.17, 15) is 4.79 Å².